The van der Waals surface area contributed by atoms with Crippen molar-refractivity contribution in [1.82, 2.24) is 0 Å². The molecule has 0 bridgehead atoms. The van der Waals surface area contributed by atoms with Crippen LogP contribution in [-0.4, -0.2) is 12.4 Å². The van der Waals surface area contributed by atoms with Gasteiger partial charge >= 0.3 is 0 Å². The molecule has 0 atom stereocenters. The fourth-order valence-corrected chi connectivity index (χ4v) is 3.12. The molecule has 102 valence electrons. The number of hydrogen-bond donors (Lipinski definition) is 0. The third-order valence-corrected chi connectivity index (χ3v) is 4.10. The van der Waals surface area contributed by atoms with Crippen LogP contribution in [0, 0.1) is 11.3 Å². The molecule has 7 heteroatoms. The Morgan fingerprint density at radius 3 is 2.65 bits per heavy atom. The maximum Gasteiger partial charge on any atom is 0.202 e. The van der Waals surface area contributed by atoms with E-state index >= 15 is 0 Å². The largest absolute Gasteiger partial charge is 0.484 e. The zero-order chi connectivity index (χ0) is 14.7. The maximum absolute atomic E-state index is 12.0. The molecule has 3 nitrogen and oxygen atoms in total. The van der Waals surface area contributed by atoms with Gasteiger partial charge in [-0.25, -0.2) is 0 Å². The molecule has 0 aliphatic rings. The summed E-state index contributed by atoms with van der Waals surface area (Å²) in [6, 6.07) is 8.03. The molecule has 2 rings (SSSR count). The fourth-order valence-electron chi connectivity index (χ4n) is 1.46. The van der Waals surface area contributed by atoms with E-state index < -0.39 is 0 Å². The molecule has 0 fully saturated rings. The van der Waals surface area contributed by atoms with Crippen LogP contribution in [0.3, 0.4) is 0 Å². The van der Waals surface area contributed by atoms with E-state index in [4.69, 9.17) is 44.8 Å². The van der Waals surface area contributed by atoms with E-state index in [1.165, 1.54) is 18.2 Å². The third kappa shape index (κ3) is 3.44. The normalized spacial score (nSPS) is 10.1. The number of thiophene rings is 1. The van der Waals surface area contributed by atoms with Gasteiger partial charge in [0.05, 0.1) is 15.5 Å². The molecule has 0 aliphatic carbocycles. The average molecular weight is 347 g/mol. The van der Waals surface area contributed by atoms with Crippen molar-refractivity contribution in [3.8, 4) is 11.8 Å². The molecule has 0 unspecified atom stereocenters. The van der Waals surface area contributed by atoms with E-state index in [1.807, 2.05) is 6.07 Å². The van der Waals surface area contributed by atoms with Crippen LogP contribution in [0.1, 0.15) is 15.9 Å². The van der Waals surface area contributed by atoms with Gasteiger partial charge in [0.25, 0.3) is 0 Å². The summed E-state index contributed by atoms with van der Waals surface area (Å²) in [5.41, 5.74) is 0.610. The summed E-state index contributed by atoms with van der Waals surface area (Å²) >= 11 is 18.6. The van der Waals surface area contributed by atoms with Gasteiger partial charge in [0, 0.05) is 11.1 Å². The molecule has 0 amide bonds. The van der Waals surface area contributed by atoms with Gasteiger partial charge in [-0.2, -0.15) is 5.26 Å². The van der Waals surface area contributed by atoms with Crippen LogP contribution in [0.25, 0.3) is 0 Å². The predicted octanol–water partition coefficient (Wildman–Crippen LogP) is 4.84. The summed E-state index contributed by atoms with van der Waals surface area (Å²) in [5, 5.41) is 9.36. The quantitative estimate of drug-likeness (QED) is 0.744. The summed E-state index contributed by atoms with van der Waals surface area (Å²) in [4.78, 5) is 12.0. The zero-order valence-electron chi connectivity index (χ0n) is 9.82. The molecule has 0 radical (unpaired) electrons. The van der Waals surface area contributed by atoms with E-state index in [-0.39, 0.29) is 18.1 Å². The summed E-state index contributed by atoms with van der Waals surface area (Å²) in [6.07, 6.45) is 0. The summed E-state index contributed by atoms with van der Waals surface area (Å²) in [7, 11) is 0. The van der Waals surface area contributed by atoms with Gasteiger partial charge in [0.15, 0.2) is 6.61 Å². The second-order valence-electron chi connectivity index (χ2n) is 3.70. The van der Waals surface area contributed by atoms with Crippen LogP contribution in [0.15, 0.2) is 24.3 Å². The molecule has 1 heterocycles. The molecule has 0 saturated heterocycles. The van der Waals surface area contributed by atoms with Crippen LogP contribution in [0.4, 0.5) is 0 Å². The van der Waals surface area contributed by atoms with Gasteiger partial charge in [-0.05, 0) is 18.2 Å². The van der Waals surface area contributed by atoms with Gasteiger partial charge in [-0.3, -0.25) is 4.79 Å². The number of nitriles is 1. The van der Waals surface area contributed by atoms with Crippen LogP contribution in [-0.2, 0) is 0 Å². The van der Waals surface area contributed by atoms with Crippen molar-refractivity contribution in [1.29, 1.82) is 5.26 Å². The molecule has 0 N–H and O–H groups in total. The summed E-state index contributed by atoms with van der Waals surface area (Å²) in [5.74, 6) is -0.0622. The number of halogens is 3. The molecule has 0 saturated carbocycles. The second-order valence-corrected chi connectivity index (χ2v) is 6.42. The van der Waals surface area contributed by atoms with Crippen molar-refractivity contribution in [2.75, 3.05) is 6.61 Å². The minimum Gasteiger partial charge on any atom is -0.484 e. The average Bonchev–Trinajstić information content (AvgIpc) is 2.75. The molecular weight excluding hydrogens is 341 g/mol. The summed E-state index contributed by atoms with van der Waals surface area (Å²) < 4.78 is 6.08. The Hall–Kier alpha value is -1.25. The van der Waals surface area contributed by atoms with Crippen LogP contribution in [0.2, 0.25) is 13.7 Å². The number of hydrogen-bond acceptors (Lipinski definition) is 4. The first-order valence-electron chi connectivity index (χ1n) is 5.31. The number of nitrogens with zero attached hydrogens (tertiary/aromatic N) is 1. The van der Waals surface area contributed by atoms with E-state index in [0.717, 1.165) is 11.3 Å². The van der Waals surface area contributed by atoms with E-state index in [1.54, 1.807) is 6.07 Å². The maximum atomic E-state index is 12.0. The topological polar surface area (TPSA) is 50.1 Å². The standard InChI is InChI=1S/C13H6Cl3NO2S/c14-8-2-1-7(5-17)11(3-8)19-6-10(18)9-4-12(15)20-13(9)16/h1-4H,6H2. The Bertz CT molecular complexity index is 706. The number of ketones is 1. The van der Waals surface area contributed by atoms with Crippen molar-refractivity contribution >= 4 is 51.9 Å². The number of Topliss-reactive ketones (excluding diaryl/α,β-unsaturated/α-hetero) is 1. The first-order chi connectivity index (χ1) is 9.51. The Kier molecular flexibility index (Phi) is 4.90. The summed E-state index contributed by atoms with van der Waals surface area (Å²) in [6.45, 7) is -0.248. The number of ether oxygens (including phenoxy) is 1. The highest BCUT2D eigenvalue weighted by Gasteiger charge is 2.15. The van der Waals surface area contributed by atoms with Crippen molar-refractivity contribution in [3.63, 3.8) is 0 Å². The monoisotopic (exact) mass is 345 g/mol. The van der Waals surface area contributed by atoms with Crippen molar-refractivity contribution in [2.24, 2.45) is 0 Å². The van der Waals surface area contributed by atoms with Crippen molar-refractivity contribution < 1.29 is 9.53 Å². The highest BCUT2D eigenvalue weighted by atomic mass is 35.5. The fraction of sp³-hybridized carbons (Fsp3) is 0.0769. The first-order valence-corrected chi connectivity index (χ1v) is 7.27. The Morgan fingerprint density at radius 2 is 2.05 bits per heavy atom. The number of carbonyl (C=O) groups is 1. The van der Waals surface area contributed by atoms with Crippen molar-refractivity contribution in [3.05, 3.63) is 49.1 Å². The van der Waals surface area contributed by atoms with Gasteiger partial charge in [-0.1, -0.05) is 34.8 Å². The molecular formula is C13H6Cl3NO2S. The molecule has 0 aliphatic heterocycles. The third-order valence-electron chi connectivity index (χ3n) is 2.38. The van der Waals surface area contributed by atoms with Crippen molar-refractivity contribution in [2.45, 2.75) is 0 Å². The minimum atomic E-state index is -0.318. The lowest BCUT2D eigenvalue weighted by atomic mass is 10.2. The van der Waals surface area contributed by atoms with Crippen LogP contribution >= 0.6 is 46.1 Å². The van der Waals surface area contributed by atoms with E-state index in [2.05, 4.69) is 0 Å². The molecule has 1 aromatic heterocycles. The Labute approximate surface area is 134 Å². The van der Waals surface area contributed by atoms with Crippen LogP contribution < -0.4 is 4.74 Å². The van der Waals surface area contributed by atoms with E-state index in [9.17, 15) is 4.79 Å². The lowest BCUT2D eigenvalue weighted by Gasteiger charge is -2.07. The number of benzene rings is 1. The lowest BCUT2D eigenvalue weighted by molar-refractivity contribution is 0.0922. The molecule has 0 spiro atoms. The van der Waals surface area contributed by atoms with Crippen LogP contribution in [0.5, 0.6) is 5.75 Å². The highest BCUT2D eigenvalue weighted by molar-refractivity contribution is 7.20. The molecule has 2 aromatic rings. The van der Waals surface area contributed by atoms with Gasteiger partial charge < -0.3 is 4.74 Å². The highest BCUT2D eigenvalue weighted by Crippen LogP contribution is 2.31. The Balaban J connectivity index is 2.13. The number of rotatable bonds is 4. The SMILES string of the molecule is N#Cc1ccc(Cl)cc1OCC(=O)c1cc(Cl)sc1Cl. The smallest absolute Gasteiger partial charge is 0.202 e. The minimum absolute atomic E-state index is 0.248. The Morgan fingerprint density at radius 1 is 1.30 bits per heavy atom. The molecule has 1 aromatic carbocycles. The van der Waals surface area contributed by atoms with Gasteiger partial charge in [0.1, 0.15) is 16.2 Å². The van der Waals surface area contributed by atoms with Gasteiger partial charge in [-0.15, -0.1) is 11.3 Å². The van der Waals surface area contributed by atoms with Gasteiger partial charge in [0.2, 0.25) is 5.78 Å². The predicted molar refractivity (Wildman–Crippen MR) is 80.3 cm³/mol. The second kappa shape index (κ2) is 6.47. The number of carbonyl (C=O) groups excluding carboxylic acids is 1. The van der Waals surface area contributed by atoms with E-state index in [0.29, 0.717) is 24.8 Å². The first kappa shape index (κ1) is 15.1. The lowest BCUT2D eigenvalue weighted by Crippen LogP contribution is -2.11. The zero-order valence-corrected chi connectivity index (χ0v) is 12.9. The molecule has 20 heavy (non-hydrogen) atoms.